The fourth-order valence-corrected chi connectivity index (χ4v) is 6.22. The van der Waals surface area contributed by atoms with Gasteiger partial charge in [-0.2, -0.15) is 0 Å². The Bertz CT molecular complexity index is 1390. The number of halogens is 3. The molecule has 3 aromatic rings. The maximum Gasteiger partial charge on any atom is 0.259 e. The summed E-state index contributed by atoms with van der Waals surface area (Å²) in [5.41, 5.74) is 2.48. The van der Waals surface area contributed by atoms with Crippen LogP contribution in [-0.4, -0.2) is 99.7 Å². The average Bonchev–Trinajstić information content (AvgIpc) is 3.59. The number of carbonyl (C=O) groups is 1. The van der Waals surface area contributed by atoms with Gasteiger partial charge in [0.1, 0.15) is 36.2 Å². The number of hydrogen-bond acceptors (Lipinski definition) is 9. The molecule has 2 aliphatic rings. The van der Waals surface area contributed by atoms with E-state index in [1.807, 2.05) is 19.1 Å². The largest absolute Gasteiger partial charge is 0.394 e. The van der Waals surface area contributed by atoms with Crippen LogP contribution >= 0.6 is 39.1 Å². The first-order chi connectivity index (χ1) is 19.6. The van der Waals surface area contributed by atoms with Crippen LogP contribution in [0, 0.1) is 6.92 Å². The van der Waals surface area contributed by atoms with Crippen LogP contribution in [0.4, 0.5) is 5.69 Å². The van der Waals surface area contributed by atoms with E-state index < -0.39 is 55.1 Å². The van der Waals surface area contributed by atoms with E-state index >= 15 is 0 Å². The van der Waals surface area contributed by atoms with Gasteiger partial charge in [-0.15, -0.1) is 5.10 Å². The molecule has 2 aliphatic heterocycles. The number of aromatic nitrogens is 3. The maximum absolute atomic E-state index is 14.4. The van der Waals surface area contributed by atoms with Crippen LogP contribution in [0.1, 0.15) is 11.6 Å². The van der Waals surface area contributed by atoms with Gasteiger partial charge >= 0.3 is 0 Å². The van der Waals surface area contributed by atoms with Crippen LogP contribution in [0.2, 0.25) is 10.0 Å². The molecule has 11 nitrogen and oxygen atoms in total. The minimum Gasteiger partial charge on any atom is -0.394 e. The molecule has 3 N–H and O–H groups in total. The third-order valence-electron chi connectivity index (χ3n) is 7.31. The van der Waals surface area contributed by atoms with Crippen molar-refractivity contribution < 1.29 is 34.3 Å². The zero-order valence-electron chi connectivity index (χ0n) is 22.1. The van der Waals surface area contributed by atoms with Crippen molar-refractivity contribution in [2.75, 3.05) is 31.8 Å². The molecule has 0 bridgehead atoms. The summed E-state index contributed by atoms with van der Waals surface area (Å²) in [4.78, 5) is 15.8. The first-order valence-corrected chi connectivity index (χ1v) is 14.4. The van der Waals surface area contributed by atoms with E-state index in [0.29, 0.717) is 27.0 Å². The smallest absolute Gasteiger partial charge is 0.259 e. The SMILES string of the molecule is CO[C@@H]1[C@@H](n2cc(-c3ccc(Cl)c(Cl)c3)nn2)[C@@H](O)[C@@H](CO)O[C@H]1C(=O)N(c1cc(C)cc(Br)c1)[C@H]1COC[C@@H]1O. The number of nitrogens with zero attached hydrogens (tertiary/aromatic N) is 4. The lowest BCUT2D eigenvalue weighted by Crippen LogP contribution is -2.63. The van der Waals surface area contributed by atoms with Crippen LogP contribution in [0.15, 0.2) is 47.1 Å². The molecule has 5 rings (SSSR count). The Hall–Kier alpha value is -2.13. The third kappa shape index (κ3) is 6.03. The molecule has 41 heavy (non-hydrogen) atoms. The van der Waals surface area contributed by atoms with Crippen molar-refractivity contribution in [3.63, 3.8) is 0 Å². The van der Waals surface area contributed by atoms with Gasteiger partial charge in [0.25, 0.3) is 5.91 Å². The van der Waals surface area contributed by atoms with Gasteiger partial charge in [-0.05, 0) is 42.8 Å². The number of rotatable bonds is 7. The first kappa shape index (κ1) is 30.3. The molecule has 2 fully saturated rings. The van der Waals surface area contributed by atoms with Crippen molar-refractivity contribution in [3.8, 4) is 11.3 Å². The Morgan fingerprint density at radius 3 is 2.61 bits per heavy atom. The molecule has 0 aliphatic carbocycles. The third-order valence-corrected chi connectivity index (χ3v) is 8.51. The highest BCUT2D eigenvalue weighted by molar-refractivity contribution is 9.10. The Labute approximate surface area is 254 Å². The normalized spacial score (nSPS) is 28.1. The number of carbonyl (C=O) groups excluding carboxylic acids is 1. The van der Waals surface area contributed by atoms with E-state index in [9.17, 15) is 20.1 Å². The number of benzene rings is 2. The average molecular weight is 672 g/mol. The predicted molar refractivity (Wildman–Crippen MR) is 154 cm³/mol. The first-order valence-electron chi connectivity index (χ1n) is 12.8. The van der Waals surface area contributed by atoms with Gasteiger partial charge in [-0.1, -0.05) is 50.4 Å². The molecule has 1 aromatic heterocycles. The van der Waals surface area contributed by atoms with E-state index in [2.05, 4.69) is 26.2 Å². The fourth-order valence-electron chi connectivity index (χ4n) is 5.32. The summed E-state index contributed by atoms with van der Waals surface area (Å²) in [7, 11) is 1.39. The van der Waals surface area contributed by atoms with Crippen molar-refractivity contribution in [1.29, 1.82) is 0 Å². The molecule has 14 heteroatoms. The van der Waals surface area contributed by atoms with E-state index in [4.69, 9.17) is 37.4 Å². The van der Waals surface area contributed by atoms with Crippen molar-refractivity contribution in [2.24, 2.45) is 0 Å². The Balaban J connectivity index is 1.54. The molecule has 0 radical (unpaired) electrons. The number of amides is 1. The number of aliphatic hydroxyl groups is 3. The quantitative estimate of drug-likeness (QED) is 0.346. The molecule has 220 valence electrons. The lowest BCUT2D eigenvalue weighted by molar-refractivity contribution is -0.211. The zero-order chi connectivity index (χ0) is 29.4. The second kappa shape index (κ2) is 12.6. The molecular formula is C27H29BrCl2N4O7. The zero-order valence-corrected chi connectivity index (χ0v) is 25.2. The van der Waals surface area contributed by atoms with Crippen molar-refractivity contribution in [2.45, 2.75) is 49.5 Å². The fraction of sp³-hybridized carbons (Fsp3) is 0.444. The highest BCUT2D eigenvalue weighted by Crippen LogP contribution is 2.36. The lowest BCUT2D eigenvalue weighted by atomic mass is 9.91. The van der Waals surface area contributed by atoms with Gasteiger partial charge in [-0.25, -0.2) is 4.68 Å². The summed E-state index contributed by atoms with van der Waals surface area (Å²) in [5.74, 6) is -0.538. The molecule has 3 heterocycles. The molecule has 1 amide bonds. The van der Waals surface area contributed by atoms with Crippen molar-refractivity contribution in [3.05, 3.63) is 62.7 Å². The molecule has 2 aromatic carbocycles. The van der Waals surface area contributed by atoms with Crippen LogP contribution in [-0.2, 0) is 19.0 Å². The van der Waals surface area contributed by atoms with Crippen LogP contribution in [0.3, 0.4) is 0 Å². The summed E-state index contributed by atoms with van der Waals surface area (Å²) in [5, 5.41) is 41.2. The Kier molecular flexibility index (Phi) is 9.34. The summed E-state index contributed by atoms with van der Waals surface area (Å²) in [6.45, 7) is 1.49. The minimum atomic E-state index is -1.31. The Morgan fingerprint density at radius 2 is 1.98 bits per heavy atom. The summed E-state index contributed by atoms with van der Waals surface area (Å²) >= 11 is 15.7. The molecule has 0 unspecified atom stereocenters. The van der Waals surface area contributed by atoms with Crippen LogP contribution in [0.5, 0.6) is 0 Å². The number of anilines is 1. The monoisotopic (exact) mass is 670 g/mol. The van der Waals surface area contributed by atoms with Crippen molar-refractivity contribution >= 4 is 50.7 Å². The molecule has 2 saturated heterocycles. The second-order valence-corrected chi connectivity index (χ2v) is 11.8. The van der Waals surface area contributed by atoms with E-state index in [-0.39, 0.29) is 13.2 Å². The van der Waals surface area contributed by atoms with Gasteiger partial charge in [0.15, 0.2) is 6.10 Å². The Morgan fingerprint density at radius 1 is 1.20 bits per heavy atom. The summed E-state index contributed by atoms with van der Waals surface area (Å²) in [6, 6.07) is 8.80. The summed E-state index contributed by atoms with van der Waals surface area (Å²) < 4.78 is 19.4. The van der Waals surface area contributed by atoms with Crippen LogP contribution < -0.4 is 4.90 Å². The summed E-state index contributed by atoms with van der Waals surface area (Å²) in [6.07, 6.45) is -4.16. The highest BCUT2D eigenvalue weighted by Gasteiger charge is 2.52. The maximum atomic E-state index is 14.4. The van der Waals surface area contributed by atoms with E-state index in [1.165, 1.54) is 16.7 Å². The number of hydrogen-bond donors (Lipinski definition) is 3. The van der Waals surface area contributed by atoms with Crippen LogP contribution in [0.25, 0.3) is 11.3 Å². The highest BCUT2D eigenvalue weighted by atomic mass is 79.9. The number of ether oxygens (including phenoxy) is 3. The number of aliphatic hydroxyl groups excluding tert-OH is 3. The van der Waals surface area contributed by atoms with E-state index in [0.717, 1.165) is 10.0 Å². The second-order valence-electron chi connectivity index (χ2n) is 10.0. The molecular weight excluding hydrogens is 643 g/mol. The topological polar surface area (TPSA) is 139 Å². The standard InChI is InChI=1S/C27H29BrCl2N4O7/c1-13-5-15(28)8-16(6-13)34(20-11-40-12-21(20)36)27(38)26-25(39-2)23(24(37)22(10-35)41-26)33-9-19(31-32-33)14-3-4-17(29)18(30)7-14/h3-9,20-26,35-37H,10-12H2,1-2H3/t20-,21-,22+,23-,24-,25+,26+/m0/s1. The lowest BCUT2D eigenvalue weighted by Gasteiger charge is -2.45. The van der Waals surface area contributed by atoms with Gasteiger partial charge in [0.05, 0.1) is 42.1 Å². The van der Waals surface area contributed by atoms with Gasteiger partial charge in [0.2, 0.25) is 0 Å². The van der Waals surface area contributed by atoms with E-state index in [1.54, 1.807) is 30.5 Å². The number of aryl methyl sites for hydroxylation is 1. The minimum absolute atomic E-state index is 0.0672. The molecule has 7 atom stereocenters. The van der Waals surface area contributed by atoms with Gasteiger partial charge in [0, 0.05) is 22.8 Å². The predicted octanol–water partition coefficient (Wildman–Crippen LogP) is 2.79. The van der Waals surface area contributed by atoms with Crippen molar-refractivity contribution in [1.82, 2.24) is 15.0 Å². The van der Waals surface area contributed by atoms with Gasteiger partial charge in [-0.3, -0.25) is 4.79 Å². The molecule has 0 saturated carbocycles. The van der Waals surface area contributed by atoms with Gasteiger partial charge < -0.3 is 34.4 Å². The molecule has 0 spiro atoms. The number of methoxy groups -OCH3 is 1.